The molecule has 0 amide bonds. The van der Waals surface area contributed by atoms with Gasteiger partial charge in [-0.15, -0.1) is 0 Å². The lowest BCUT2D eigenvalue weighted by Crippen LogP contribution is -1.98. The molecule has 0 bridgehead atoms. The Kier molecular flexibility index (Phi) is 4.97. The quantitative estimate of drug-likeness (QED) is 0.891. The normalized spacial score (nSPS) is 11.9. The predicted molar refractivity (Wildman–Crippen MR) is 82.8 cm³/mol. The highest BCUT2D eigenvalue weighted by Crippen LogP contribution is 2.29. The van der Waals surface area contributed by atoms with E-state index in [1.54, 1.807) is 7.11 Å². The Balaban J connectivity index is 2.54. The number of aliphatic hydroxyl groups excluding tert-OH is 1. The number of hydrogen-bond acceptors (Lipinski definition) is 2. The van der Waals surface area contributed by atoms with Gasteiger partial charge in [-0.25, -0.2) is 0 Å². The van der Waals surface area contributed by atoms with E-state index in [-0.39, 0.29) is 6.61 Å². The van der Waals surface area contributed by atoms with E-state index in [9.17, 15) is 5.11 Å². The second-order valence-corrected chi connectivity index (χ2v) is 4.58. The van der Waals surface area contributed by atoms with E-state index in [0.717, 1.165) is 34.4 Å². The molecule has 0 unspecified atom stereocenters. The number of hydrogen-bond donors (Lipinski definition) is 1. The molecular weight excluding hydrogens is 248 g/mol. The minimum absolute atomic E-state index is 0.0761. The van der Waals surface area contributed by atoms with Gasteiger partial charge in [-0.1, -0.05) is 49.4 Å². The molecule has 2 aromatic rings. The van der Waals surface area contributed by atoms with Gasteiger partial charge in [-0.05, 0) is 40.8 Å². The van der Waals surface area contributed by atoms with Crippen LogP contribution in [0.5, 0.6) is 5.75 Å². The van der Waals surface area contributed by atoms with Gasteiger partial charge in [0.2, 0.25) is 0 Å². The Hall–Kier alpha value is -2.06. The zero-order chi connectivity index (χ0) is 14.4. The molecule has 0 aliphatic rings. The maximum Gasteiger partial charge on any atom is 0.118 e. The van der Waals surface area contributed by atoms with Crippen molar-refractivity contribution in [3.8, 4) is 5.75 Å². The van der Waals surface area contributed by atoms with Gasteiger partial charge >= 0.3 is 0 Å². The van der Waals surface area contributed by atoms with Gasteiger partial charge in [0.25, 0.3) is 0 Å². The lowest BCUT2D eigenvalue weighted by Gasteiger charge is -2.14. The van der Waals surface area contributed by atoms with Gasteiger partial charge in [0, 0.05) is 0 Å². The Bertz CT molecular complexity index is 562. The summed E-state index contributed by atoms with van der Waals surface area (Å²) in [4.78, 5) is 0. The molecule has 2 heteroatoms. The lowest BCUT2D eigenvalue weighted by molar-refractivity contribution is 0.328. The van der Waals surface area contributed by atoms with Crippen molar-refractivity contribution in [1.29, 1.82) is 0 Å². The van der Waals surface area contributed by atoms with Crippen LogP contribution >= 0.6 is 0 Å². The zero-order valence-corrected chi connectivity index (χ0v) is 12.0. The molecule has 20 heavy (non-hydrogen) atoms. The van der Waals surface area contributed by atoms with Crippen LogP contribution in [-0.4, -0.2) is 18.8 Å². The summed E-state index contributed by atoms with van der Waals surface area (Å²) in [5.74, 6) is 0.836. The molecule has 0 aromatic heterocycles. The summed E-state index contributed by atoms with van der Waals surface area (Å²) in [6.07, 6.45) is 0.826. The van der Waals surface area contributed by atoms with E-state index in [0.29, 0.717) is 0 Å². The molecule has 2 nitrogen and oxygen atoms in total. The molecule has 0 radical (unpaired) electrons. The first-order valence-electron chi connectivity index (χ1n) is 6.82. The van der Waals surface area contributed by atoms with E-state index in [1.807, 2.05) is 42.5 Å². The van der Waals surface area contributed by atoms with Crippen molar-refractivity contribution in [2.24, 2.45) is 0 Å². The van der Waals surface area contributed by atoms with Gasteiger partial charge in [-0.3, -0.25) is 0 Å². The maximum atomic E-state index is 9.64. The fourth-order valence-corrected chi connectivity index (χ4v) is 2.31. The van der Waals surface area contributed by atoms with Gasteiger partial charge < -0.3 is 9.84 Å². The van der Waals surface area contributed by atoms with Crippen LogP contribution in [0.3, 0.4) is 0 Å². The van der Waals surface area contributed by atoms with E-state index in [4.69, 9.17) is 4.74 Å². The van der Waals surface area contributed by atoms with Crippen molar-refractivity contribution in [3.05, 3.63) is 71.3 Å². The minimum atomic E-state index is 0.0761. The van der Waals surface area contributed by atoms with Crippen LogP contribution < -0.4 is 4.74 Å². The van der Waals surface area contributed by atoms with Gasteiger partial charge in [0.15, 0.2) is 0 Å². The minimum Gasteiger partial charge on any atom is -0.497 e. The van der Waals surface area contributed by atoms with Crippen molar-refractivity contribution in [2.75, 3.05) is 13.7 Å². The van der Waals surface area contributed by atoms with Crippen LogP contribution in [0, 0.1) is 0 Å². The highest BCUT2D eigenvalue weighted by atomic mass is 16.5. The molecule has 2 rings (SSSR count). The molecule has 1 N–H and O–H groups in total. The van der Waals surface area contributed by atoms with Crippen LogP contribution in [0.15, 0.2) is 60.2 Å². The van der Waals surface area contributed by atoms with Crippen LogP contribution in [0.25, 0.3) is 5.57 Å². The number of ether oxygens (including phenoxy) is 1. The van der Waals surface area contributed by atoms with Crippen molar-refractivity contribution in [2.45, 2.75) is 13.3 Å². The van der Waals surface area contributed by atoms with Crippen LogP contribution in [0.1, 0.15) is 24.5 Å². The average molecular weight is 268 g/mol. The highest BCUT2D eigenvalue weighted by molar-refractivity contribution is 5.82. The third-order valence-corrected chi connectivity index (χ3v) is 3.41. The summed E-state index contributed by atoms with van der Waals surface area (Å²) in [5.41, 5.74) is 4.38. The molecule has 0 fully saturated rings. The molecule has 0 aliphatic carbocycles. The van der Waals surface area contributed by atoms with Crippen LogP contribution in [-0.2, 0) is 0 Å². The third kappa shape index (κ3) is 3.09. The summed E-state index contributed by atoms with van der Waals surface area (Å²) in [6, 6.07) is 18.1. The molecule has 0 spiro atoms. The molecule has 0 saturated carbocycles. The summed E-state index contributed by atoms with van der Waals surface area (Å²) < 4.78 is 5.20. The summed E-state index contributed by atoms with van der Waals surface area (Å²) in [5, 5.41) is 9.64. The number of methoxy groups -OCH3 is 1. The Morgan fingerprint density at radius 1 is 0.950 bits per heavy atom. The summed E-state index contributed by atoms with van der Waals surface area (Å²) >= 11 is 0. The number of rotatable bonds is 5. The third-order valence-electron chi connectivity index (χ3n) is 3.41. The number of aliphatic hydroxyl groups is 1. The highest BCUT2D eigenvalue weighted by Gasteiger charge is 2.10. The first-order chi connectivity index (χ1) is 9.80. The van der Waals surface area contributed by atoms with Gasteiger partial charge in [-0.2, -0.15) is 0 Å². The summed E-state index contributed by atoms with van der Waals surface area (Å²) in [6.45, 7) is 2.14. The second kappa shape index (κ2) is 6.92. The van der Waals surface area contributed by atoms with Crippen LogP contribution in [0.4, 0.5) is 0 Å². The first kappa shape index (κ1) is 14.4. The Morgan fingerprint density at radius 2 is 1.55 bits per heavy atom. The fraction of sp³-hybridized carbons (Fsp3) is 0.222. The van der Waals surface area contributed by atoms with Crippen molar-refractivity contribution < 1.29 is 9.84 Å². The van der Waals surface area contributed by atoms with E-state index >= 15 is 0 Å². The van der Waals surface area contributed by atoms with Gasteiger partial charge in [0.1, 0.15) is 5.75 Å². The SMILES string of the molecule is CC/C(CO)=C(/c1ccccc1)c1ccc(OC)cc1. The van der Waals surface area contributed by atoms with Crippen molar-refractivity contribution in [1.82, 2.24) is 0 Å². The predicted octanol–water partition coefficient (Wildman–Crippen LogP) is 3.90. The first-order valence-corrected chi connectivity index (χ1v) is 6.82. The molecule has 0 heterocycles. The zero-order valence-electron chi connectivity index (χ0n) is 12.0. The average Bonchev–Trinajstić information content (AvgIpc) is 2.53. The molecule has 104 valence electrons. The smallest absolute Gasteiger partial charge is 0.118 e. The lowest BCUT2D eigenvalue weighted by atomic mass is 9.92. The topological polar surface area (TPSA) is 29.5 Å². The maximum absolute atomic E-state index is 9.64. The largest absolute Gasteiger partial charge is 0.497 e. The van der Waals surface area contributed by atoms with E-state index < -0.39 is 0 Å². The standard InChI is InChI=1S/C18H20O2/c1-3-14(13-19)18(15-7-5-4-6-8-15)16-9-11-17(20-2)12-10-16/h4-12,19H,3,13H2,1-2H3/b18-14+. The van der Waals surface area contributed by atoms with E-state index in [1.165, 1.54) is 0 Å². The second-order valence-electron chi connectivity index (χ2n) is 4.58. The van der Waals surface area contributed by atoms with Crippen molar-refractivity contribution in [3.63, 3.8) is 0 Å². The Labute approximate surface area is 120 Å². The molecular formula is C18H20O2. The van der Waals surface area contributed by atoms with Crippen LogP contribution in [0.2, 0.25) is 0 Å². The Morgan fingerprint density at radius 3 is 2.05 bits per heavy atom. The monoisotopic (exact) mass is 268 g/mol. The number of benzene rings is 2. The van der Waals surface area contributed by atoms with Crippen molar-refractivity contribution >= 4 is 5.57 Å². The fourth-order valence-electron chi connectivity index (χ4n) is 2.31. The summed E-state index contributed by atoms with van der Waals surface area (Å²) in [7, 11) is 1.66. The molecule has 0 saturated heterocycles. The molecule has 0 atom stereocenters. The van der Waals surface area contributed by atoms with Gasteiger partial charge in [0.05, 0.1) is 13.7 Å². The molecule has 0 aliphatic heterocycles. The van der Waals surface area contributed by atoms with E-state index in [2.05, 4.69) is 19.1 Å². The molecule has 2 aromatic carbocycles.